The van der Waals surface area contributed by atoms with Gasteiger partial charge in [0.25, 0.3) is 5.91 Å². The fourth-order valence-electron chi connectivity index (χ4n) is 2.10. The molecular formula is C18H20N2O5. The molecule has 0 aliphatic rings. The number of hydrogen-bond acceptors (Lipinski definition) is 6. The number of esters is 1. The Hall–Kier alpha value is -2.96. The van der Waals surface area contributed by atoms with Crippen LogP contribution >= 0.6 is 0 Å². The number of aromatic nitrogens is 1. The van der Waals surface area contributed by atoms with Crippen LogP contribution in [0.15, 0.2) is 28.8 Å². The van der Waals surface area contributed by atoms with Crippen LogP contribution in [-0.4, -0.2) is 29.4 Å². The molecule has 2 rings (SSSR count). The van der Waals surface area contributed by atoms with E-state index in [9.17, 15) is 14.4 Å². The van der Waals surface area contributed by atoms with Gasteiger partial charge in [0.05, 0.1) is 6.42 Å². The topological polar surface area (TPSA) is 98.5 Å². The van der Waals surface area contributed by atoms with E-state index in [4.69, 9.17) is 9.26 Å². The van der Waals surface area contributed by atoms with E-state index < -0.39 is 18.5 Å². The molecule has 7 nitrogen and oxygen atoms in total. The van der Waals surface area contributed by atoms with Crippen molar-refractivity contribution in [3.8, 4) is 0 Å². The zero-order chi connectivity index (χ0) is 18.4. The van der Waals surface area contributed by atoms with Crippen molar-refractivity contribution in [2.24, 2.45) is 0 Å². The molecule has 25 heavy (non-hydrogen) atoms. The van der Waals surface area contributed by atoms with Gasteiger partial charge in [-0.2, -0.15) is 0 Å². The Balaban J connectivity index is 1.73. The minimum atomic E-state index is -0.608. The molecule has 0 saturated heterocycles. The highest BCUT2D eigenvalue weighted by molar-refractivity contribution is 5.98. The van der Waals surface area contributed by atoms with Crippen molar-refractivity contribution >= 4 is 23.5 Å². The van der Waals surface area contributed by atoms with Gasteiger partial charge in [0.15, 0.2) is 18.2 Å². The van der Waals surface area contributed by atoms with E-state index in [2.05, 4.69) is 10.5 Å². The zero-order valence-corrected chi connectivity index (χ0v) is 14.4. The van der Waals surface area contributed by atoms with Crippen molar-refractivity contribution in [2.45, 2.75) is 33.6 Å². The van der Waals surface area contributed by atoms with Crippen LogP contribution in [-0.2, 0) is 14.3 Å². The zero-order valence-electron chi connectivity index (χ0n) is 14.4. The normalized spacial score (nSPS) is 10.4. The molecule has 0 fully saturated rings. The minimum Gasteiger partial charge on any atom is -0.456 e. The Labute approximate surface area is 145 Å². The minimum absolute atomic E-state index is 0.0332. The number of ketones is 1. The van der Waals surface area contributed by atoms with Gasteiger partial charge in [0.2, 0.25) is 0 Å². The summed E-state index contributed by atoms with van der Waals surface area (Å²) in [6.45, 7) is 5.14. The number of Topliss-reactive ketones (excluding diaryl/α,β-unsaturated/α-hetero) is 1. The first-order valence-electron chi connectivity index (χ1n) is 7.84. The van der Waals surface area contributed by atoms with Gasteiger partial charge in [0.1, 0.15) is 5.76 Å². The van der Waals surface area contributed by atoms with Gasteiger partial charge in [-0.05, 0) is 38.0 Å². The number of ether oxygens (including phenoxy) is 1. The van der Waals surface area contributed by atoms with Crippen LogP contribution in [0.3, 0.4) is 0 Å². The summed E-state index contributed by atoms with van der Waals surface area (Å²) in [5, 5.41) is 6.03. The molecule has 0 saturated carbocycles. The fourth-order valence-corrected chi connectivity index (χ4v) is 2.10. The Morgan fingerprint density at radius 2 is 1.84 bits per heavy atom. The summed E-state index contributed by atoms with van der Waals surface area (Å²) < 4.78 is 9.65. The highest BCUT2D eigenvalue weighted by Crippen LogP contribution is 2.13. The van der Waals surface area contributed by atoms with E-state index in [0.717, 1.165) is 11.1 Å². The third kappa shape index (κ3) is 5.56. The van der Waals surface area contributed by atoms with Crippen molar-refractivity contribution in [3.05, 3.63) is 46.7 Å². The van der Waals surface area contributed by atoms with Crippen molar-refractivity contribution in [1.29, 1.82) is 0 Å². The molecule has 1 aromatic carbocycles. The second-order valence-corrected chi connectivity index (χ2v) is 5.75. The lowest BCUT2D eigenvalue weighted by Crippen LogP contribution is -2.21. The van der Waals surface area contributed by atoms with E-state index in [1.807, 2.05) is 19.9 Å². The number of nitrogens with one attached hydrogen (secondary N) is 1. The van der Waals surface area contributed by atoms with Gasteiger partial charge in [-0.3, -0.25) is 14.4 Å². The van der Waals surface area contributed by atoms with Crippen LogP contribution in [0.5, 0.6) is 0 Å². The quantitative estimate of drug-likeness (QED) is 0.612. The van der Waals surface area contributed by atoms with E-state index in [0.29, 0.717) is 11.3 Å². The maximum absolute atomic E-state index is 12.1. The van der Waals surface area contributed by atoms with Gasteiger partial charge >= 0.3 is 5.97 Å². The Morgan fingerprint density at radius 3 is 2.48 bits per heavy atom. The third-order valence-corrected chi connectivity index (χ3v) is 3.64. The second-order valence-electron chi connectivity index (χ2n) is 5.75. The maximum atomic E-state index is 12.1. The van der Waals surface area contributed by atoms with Crippen molar-refractivity contribution in [3.63, 3.8) is 0 Å². The molecule has 0 atom stereocenters. The van der Waals surface area contributed by atoms with Crippen LogP contribution < -0.4 is 5.32 Å². The van der Waals surface area contributed by atoms with Crippen LogP contribution in [0.25, 0.3) is 0 Å². The van der Waals surface area contributed by atoms with E-state index in [1.54, 1.807) is 25.1 Å². The van der Waals surface area contributed by atoms with Crippen LogP contribution in [0.1, 0.15) is 40.1 Å². The summed E-state index contributed by atoms with van der Waals surface area (Å²) in [5.74, 6) is -0.464. The van der Waals surface area contributed by atoms with Crippen LogP contribution in [0, 0.1) is 20.8 Å². The van der Waals surface area contributed by atoms with Crippen molar-refractivity contribution in [1.82, 2.24) is 5.16 Å². The lowest BCUT2D eigenvalue weighted by molar-refractivity contribution is -0.147. The number of rotatable bonds is 7. The molecule has 7 heteroatoms. The van der Waals surface area contributed by atoms with Crippen LogP contribution in [0.2, 0.25) is 0 Å². The number of nitrogens with zero attached hydrogens (tertiary/aromatic N) is 1. The molecule has 0 unspecified atom stereocenters. The molecule has 1 heterocycles. The highest BCUT2D eigenvalue weighted by Gasteiger charge is 2.13. The molecular weight excluding hydrogens is 324 g/mol. The molecule has 0 bridgehead atoms. The standard InChI is InChI=1S/C18H20N2O5/c1-11-4-5-14(8-12(11)2)15(21)6-7-18(23)24-10-17(22)19-16-9-13(3)25-20-16/h4-5,8-9H,6-7,10H2,1-3H3,(H,19,20,22). The predicted octanol–water partition coefficient (Wildman–Crippen LogP) is 2.74. The van der Waals surface area contributed by atoms with Gasteiger partial charge in [-0.1, -0.05) is 17.3 Å². The number of carbonyl (C=O) groups excluding carboxylic acids is 3. The third-order valence-electron chi connectivity index (χ3n) is 3.64. The molecule has 0 aliphatic heterocycles. The SMILES string of the molecule is Cc1cc(NC(=O)COC(=O)CCC(=O)c2ccc(C)c(C)c2)no1. The lowest BCUT2D eigenvalue weighted by Gasteiger charge is -2.06. The monoisotopic (exact) mass is 344 g/mol. The summed E-state index contributed by atoms with van der Waals surface area (Å²) in [4.78, 5) is 35.4. The summed E-state index contributed by atoms with van der Waals surface area (Å²) in [5.41, 5.74) is 2.69. The summed E-state index contributed by atoms with van der Waals surface area (Å²) in [7, 11) is 0. The summed E-state index contributed by atoms with van der Waals surface area (Å²) in [6, 6.07) is 6.96. The average Bonchev–Trinajstić information content (AvgIpc) is 2.98. The van der Waals surface area contributed by atoms with Gasteiger partial charge in [-0.15, -0.1) is 0 Å². The maximum Gasteiger partial charge on any atom is 0.306 e. The van der Waals surface area contributed by atoms with E-state index in [-0.39, 0.29) is 24.4 Å². The largest absolute Gasteiger partial charge is 0.456 e. The molecule has 1 amide bonds. The Bertz CT molecular complexity index is 795. The average molecular weight is 344 g/mol. The van der Waals surface area contributed by atoms with E-state index >= 15 is 0 Å². The molecule has 132 valence electrons. The number of aryl methyl sites for hydroxylation is 3. The smallest absolute Gasteiger partial charge is 0.306 e. The number of carbonyl (C=O) groups is 3. The predicted molar refractivity (Wildman–Crippen MR) is 90.3 cm³/mol. The number of amides is 1. The first-order valence-corrected chi connectivity index (χ1v) is 7.84. The van der Waals surface area contributed by atoms with Crippen molar-refractivity contribution in [2.75, 3.05) is 11.9 Å². The number of anilines is 1. The molecule has 2 aromatic rings. The summed E-state index contributed by atoms with van der Waals surface area (Å²) >= 11 is 0. The second kappa shape index (κ2) is 8.23. The number of benzene rings is 1. The van der Waals surface area contributed by atoms with Crippen LogP contribution in [0.4, 0.5) is 5.82 Å². The lowest BCUT2D eigenvalue weighted by atomic mass is 10.0. The van der Waals surface area contributed by atoms with Crippen molar-refractivity contribution < 1.29 is 23.6 Å². The first kappa shape index (κ1) is 18.4. The number of hydrogen-bond donors (Lipinski definition) is 1. The summed E-state index contributed by atoms with van der Waals surface area (Å²) in [6.07, 6.45) is -0.0481. The molecule has 0 spiro atoms. The highest BCUT2D eigenvalue weighted by atomic mass is 16.5. The van der Waals surface area contributed by atoms with Gasteiger partial charge < -0.3 is 14.6 Å². The molecule has 0 radical (unpaired) electrons. The Kier molecular flexibility index (Phi) is 6.05. The first-order chi connectivity index (χ1) is 11.8. The Morgan fingerprint density at radius 1 is 1.08 bits per heavy atom. The molecule has 0 aliphatic carbocycles. The molecule has 1 aromatic heterocycles. The fraction of sp³-hybridized carbons (Fsp3) is 0.333. The van der Waals surface area contributed by atoms with Gasteiger partial charge in [-0.25, -0.2) is 0 Å². The van der Waals surface area contributed by atoms with E-state index in [1.165, 1.54) is 0 Å². The molecule has 1 N–H and O–H groups in total. The van der Waals surface area contributed by atoms with Gasteiger partial charge in [0, 0.05) is 18.1 Å².